The zero-order chi connectivity index (χ0) is 25.1. The number of fused-ring (bicyclic) bond motifs is 2. The van der Waals surface area contributed by atoms with E-state index in [1.165, 1.54) is 12.8 Å². The number of rotatable bonds is 10. The number of methoxy groups -OCH3 is 1. The summed E-state index contributed by atoms with van der Waals surface area (Å²) in [6.07, 6.45) is 5.25. The lowest BCUT2D eigenvalue weighted by atomic mass is 9.97. The Hall–Kier alpha value is -3.28. The molecule has 2 heterocycles. The minimum Gasteiger partial charge on any atom is -0.493 e. The molecule has 4 rings (SSSR count). The summed E-state index contributed by atoms with van der Waals surface area (Å²) in [5.41, 5.74) is 3.36. The second-order valence-electron chi connectivity index (χ2n) is 9.35. The van der Waals surface area contributed by atoms with Crippen LogP contribution in [0, 0.1) is 13.8 Å². The van der Waals surface area contributed by atoms with E-state index in [0.29, 0.717) is 41.2 Å². The van der Waals surface area contributed by atoms with Gasteiger partial charge in [-0.3, -0.25) is 9.59 Å². The summed E-state index contributed by atoms with van der Waals surface area (Å²) in [5, 5.41) is 0.511. The van der Waals surface area contributed by atoms with Crippen LogP contribution in [0.2, 0.25) is 0 Å². The van der Waals surface area contributed by atoms with Gasteiger partial charge >= 0.3 is 0 Å². The molecular formula is C29H35NO5. The molecule has 186 valence electrons. The van der Waals surface area contributed by atoms with Gasteiger partial charge < -0.3 is 18.8 Å². The van der Waals surface area contributed by atoms with Crippen LogP contribution in [0.3, 0.4) is 0 Å². The second-order valence-corrected chi connectivity index (χ2v) is 9.35. The van der Waals surface area contributed by atoms with E-state index in [0.717, 1.165) is 36.0 Å². The maximum absolute atomic E-state index is 13.8. The maximum Gasteiger partial charge on any atom is 0.290 e. The van der Waals surface area contributed by atoms with Gasteiger partial charge in [-0.15, -0.1) is 0 Å². The van der Waals surface area contributed by atoms with Gasteiger partial charge in [0.2, 0.25) is 5.76 Å². The van der Waals surface area contributed by atoms with Crippen LogP contribution in [0.15, 0.2) is 39.5 Å². The van der Waals surface area contributed by atoms with E-state index in [4.69, 9.17) is 13.9 Å². The third-order valence-corrected chi connectivity index (χ3v) is 6.62. The molecule has 0 saturated heterocycles. The Kier molecular flexibility index (Phi) is 7.48. The predicted molar refractivity (Wildman–Crippen MR) is 138 cm³/mol. The highest BCUT2D eigenvalue weighted by Gasteiger charge is 2.42. The number of aryl methyl sites for hydroxylation is 2. The summed E-state index contributed by atoms with van der Waals surface area (Å²) in [7, 11) is 1.61. The molecule has 0 fully saturated rings. The quantitative estimate of drug-likeness (QED) is 0.319. The lowest BCUT2D eigenvalue weighted by Crippen LogP contribution is -2.30. The number of hydrogen-bond acceptors (Lipinski definition) is 5. The summed E-state index contributed by atoms with van der Waals surface area (Å²) < 4.78 is 17.7. The van der Waals surface area contributed by atoms with Crippen molar-refractivity contribution in [2.45, 2.75) is 65.8 Å². The van der Waals surface area contributed by atoms with Gasteiger partial charge in [0.25, 0.3) is 5.91 Å². The number of carbonyl (C=O) groups excluding carboxylic acids is 1. The first-order valence-electron chi connectivity index (χ1n) is 12.6. The van der Waals surface area contributed by atoms with E-state index >= 15 is 0 Å². The molecule has 0 bridgehead atoms. The van der Waals surface area contributed by atoms with Crippen LogP contribution in [-0.2, 0) is 0 Å². The largest absolute Gasteiger partial charge is 0.493 e. The Bertz CT molecular complexity index is 1290. The number of carbonyl (C=O) groups is 1. The molecule has 3 aromatic rings. The highest BCUT2D eigenvalue weighted by atomic mass is 16.5. The van der Waals surface area contributed by atoms with E-state index < -0.39 is 6.04 Å². The SMILES string of the molecule is CCCCCCOc1ccc(C2c3c(oc4c(C)cc(C)cc4c3=O)C(=O)N2CCC)cc1OC. The molecule has 6 nitrogen and oxygen atoms in total. The number of unbranched alkanes of at least 4 members (excludes halogenated alkanes) is 3. The van der Waals surface area contributed by atoms with Gasteiger partial charge in [-0.05, 0) is 61.6 Å². The van der Waals surface area contributed by atoms with Gasteiger partial charge in [-0.2, -0.15) is 0 Å². The minimum atomic E-state index is -0.536. The molecular weight excluding hydrogens is 442 g/mol. The van der Waals surface area contributed by atoms with Crippen molar-refractivity contribution in [3.05, 3.63) is 68.6 Å². The van der Waals surface area contributed by atoms with Gasteiger partial charge in [-0.25, -0.2) is 0 Å². The van der Waals surface area contributed by atoms with Crippen LogP contribution >= 0.6 is 0 Å². The average molecular weight is 478 g/mol. The smallest absolute Gasteiger partial charge is 0.290 e. The van der Waals surface area contributed by atoms with Gasteiger partial charge in [0.05, 0.1) is 30.7 Å². The van der Waals surface area contributed by atoms with Crippen molar-refractivity contribution in [2.75, 3.05) is 20.3 Å². The molecule has 0 N–H and O–H groups in total. The molecule has 2 aromatic carbocycles. The van der Waals surface area contributed by atoms with Crippen LogP contribution < -0.4 is 14.9 Å². The lowest BCUT2D eigenvalue weighted by molar-refractivity contribution is 0.0728. The molecule has 1 unspecified atom stereocenters. The van der Waals surface area contributed by atoms with Crippen molar-refractivity contribution in [3.8, 4) is 11.5 Å². The Balaban J connectivity index is 1.78. The van der Waals surface area contributed by atoms with Crippen LogP contribution in [0.5, 0.6) is 11.5 Å². The summed E-state index contributed by atoms with van der Waals surface area (Å²) >= 11 is 0. The molecule has 1 aliphatic heterocycles. The third kappa shape index (κ3) is 4.66. The standard InChI is InChI=1S/C29H35NO5/c1-6-8-9-10-14-34-22-12-11-20(17-23(22)33-5)25-24-26(31)21-16-18(3)15-19(4)27(21)35-28(24)29(32)30(25)13-7-2/h11-12,15-17,25H,6-10,13-14H2,1-5H3. The number of hydrogen-bond donors (Lipinski definition) is 0. The zero-order valence-electron chi connectivity index (χ0n) is 21.4. The molecule has 0 spiro atoms. The normalized spacial score (nSPS) is 15.1. The van der Waals surface area contributed by atoms with Crippen molar-refractivity contribution in [3.63, 3.8) is 0 Å². The van der Waals surface area contributed by atoms with Crippen molar-refractivity contribution in [1.29, 1.82) is 0 Å². The first-order valence-corrected chi connectivity index (χ1v) is 12.6. The molecule has 1 aromatic heterocycles. The fraction of sp³-hybridized carbons (Fsp3) is 0.448. The van der Waals surface area contributed by atoms with E-state index in [9.17, 15) is 9.59 Å². The Morgan fingerprint density at radius 1 is 0.971 bits per heavy atom. The fourth-order valence-corrected chi connectivity index (χ4v) is 4.98. The van der Waals surface area contributed by atoms with Crippen LogP contribution in [0.1, 0.15) is 84.8 Å². The zero-order valence-corrected chi connectivity index (χ0v) is 21.4. The third-order valence-electron chi connectivity index (χ3n) is 6.62. The minimum absolute atomic E-state index is 0.142. The van der Waals surface area contributed by atoms with Gasteiger partial charge in [-0.1, -0.05) is 45.2 Å². The van der Waals surface area contributed by atoms with Gasteiger partial charge in [0.1, 0.15) is 5.58 Å². The first kappa shape index (κ1) is 24.8. The van der Waals surface area contributed by atoms with Crippen LogP contribution in [-0.4, -0.2) is 31.1 Å². The van der Waals surface area contributed by atoms with E-state index in [-0.39, 0.29) is 17.1 Å². The fourth-order valence-electron chi connectivity index (χ4n) is 4.98. The van der Waals surface area contributed by atoms with E-state index in [1.807, 2.05) is 51.1 Å². The molecule has 1 aliphatic rings. The molecule has 6 heteroatoms. The second kappa shape index (κ2) is 10.5. The van der Waals surface area contributed by atoms with Gasteiger partial charge in [0, 0.05) is 6.54 Å². The molecule has 0 aliphatic carbocycles. The number of benzene rings is 2. The molecule has 1 atom stereocenters. The number of ether oxygens (including phenoxy) is 2. The summed E-state index contributed by atoms with van der Waals surface area (Å²) in [6.45, 7) is 9.19. The number of amides is 1. The summed E-state index contributed by atoms with van der Waals surface area (Å²) in [5.74, 6) is 1.15. The Labute approximate surface area is 206 Å². The number of nitrogens with zero attached hydrogens (tertiary/aromatic N) is 1. The van der Waals surface area contributed by atoms with E-state index in [2.05, 4.69) is 6.92 Å². The van der Waals surface area contributed by atoms with Crippen molar-refractivity contribution >= 4 is 16.9 Å². The summed E-state index contributed by atoms with van der Waals surface area (Å²) in [4.78, 5) is 28.9. The van der Waals surface area contributed by atoms with Crippen LogP contribution in [0.25, 0.3) is 11.0 Å². The lowest BCUT2D eigenvalue weighted by Gasteiger charge is -2.25. The average Bonchev–Trinajstić information content (AvgIpc) is 3.12. The molecule has 35 heavy (non-hydrogen) atoms. The molecule has 0 saturated carbocycles. The first-order chi connectivity index (χ1) is 16.9. The molecule has 0 radical (unpaired) electrons. The van der Waals surface area contributed by atoms with Crippen molar-refractivity contribution < 1.29 is 18.7 Å². The van der Waals surface area contributed by atoms with Crippen LogP contribution in [0.4, 0.5) is 0 Å². The summed E-state index contributed by atoms with van der Waals surface area (Å²) in [6, 6.07) is 8.94. The van der Waals surface area contributed by atoms with Crippen molar-refractivity contribution in [2.24, 2.45) is 0 Å². The highest BCUT2D eigenvalue weighted by molar-refractivity contribution is 5.99. The Morgan fingerprint density at radius 3 is 2.49 bits per heavy atom. The maximum atomic E-state index is 13.8. The monoisotopic (exact) mass is 477 g/mol. The highest BCUT2D eigenvalue weighted by Crippen LogP contribution is 2.41. The predicted octanol–water partition coefficient (Wildman–Crippen LogP) is 6.33. The van der Waals surface area contributed by atoms with Gasteiger partial charge in [0.15, 0.2) is 16.9 Å². The topological polar surface area (TPSA) is 69.0 Å². The van der Waals surface area contributed by atoms with Crippen molar-refractivity contribution in [1.82, 2.24) is 4.90 Å². The Morgan fingerprint density at radius 2 is 1.77 bits per heavy atom. The molecule has 1 amide bonds. The van der Waals surface area contributed by atoms with E-state index in [1.54, 1.807) is 12.0 Å².